The summed E-state index contributed by atoms with van der Waals surface area (Å²) in [6, 6.07) is 0. The molecule has 0 aliphatic heterocycles. The largest absolute Gasteiger partial charge is 0.391 e. The lowest BCUT2D eigenvalue weighted by molar-refractivity contribution is -0.138. The van der Waals surface area contributed by atoms with E-state index in [0.29, 0.717) is 6.42 Å². The number of Topliss-reactive ketones (excluding diaryl/α,β-unsaturated/α-hetero) is 1. The Balaban J connectivity index is 1.80. The van der Waals surface area contributed by atoms with Gasteiger partial charge >= 0.3 is 0 Å². The molecular weight excluding hydrogens is 364 g/mol. The van der Waals surface area contributed by atoms with E-state index in [9.17, 15) is 19.8 Å². The smallest absolute Gasteiger partial charge is 0.178 e. The van der Waals surface area contributed by atoms with E-state index in [1.54, 1.807) is 12.2 Å². The van der Waals surface area contributed by atoms with Gasteiger partial charge in [-0.2, -0.15) is 0 Å². The van der Waals surface area contributed by atoms with Crippen molar-refractivity contribution in [3.05, 3.63) is 23.8 Å². The van der Waals surface area contributed by atoms with Crippen molar-refractivity contribution in [3.63, 3.8) is 0 Å². The molecule has 0 bridgehead atoms. The Morgan fingerprint density at radius 2 is 2.04 bits per heavy atom. The molecule has 4 aliphatic carbocycles. The van der Waals surface area contributed by atoms with Crippen LogP contribution in [0.25, 0.3) is 0 Å². The maximum absolute atomic E-state index is 12.5. The monoisotopic (exact) mass is 392 g/mol. The first-order valence-electron chi connectivity index (χ1n) is 10.0. The fraction of sp³-hybridized carbons (Fsp3) is 0.727. The number of hydrogen-bond donors (Lipinski definition) is 2. The first kappa shape index (κ1) is 19.4. The second-order valence-electron chi connectivity index (χ2n) is 9.67. The summed E-state index contributed by atoms with van der Waals surface area (Å²) >= 11 is 7.34. The van der Waals surface area contributed by atoms with E-state index in [0.717, 1.165) is 24.8 Å². The maximum atomic E-state index is 12.5. The van der Waals surface area contributed by atoms with Crippen LogP contribution in [0.4, 0.5) is 0 Å². The number of allylic oxidation sites excluding steroid dienone is 4. The summed E-state index contributed by atoms with van der Waals surface area (Å²) in [5.74, 6) is 0.0767. The average molecular weight is 393 g/mol. The van der Waals surface area contributed by atoms with Crippen molar-refractivity contribution in [2.75, 3.05) is 6.61 Å². The van der Waals surface area contributed by atoms with Crippen LogP contribution in [-0.4, -0.2) is 39.4 Å². The molecule has 0 spiro atoms. The van der Waals surface area contributed by atoms with Crippen molar-refractivity contribution in [3.8, 4) is 0 Å². The molecule has 0 saturated heterocycles. The number of alkyl halides is 1. The second kappa shape index (κ2) is 6.01. The predicted octanol–water partition coefficient (Wildman–Crippen LogP) is 3.05. The van der Waals surface area contributed by atoms with Crippen LogP contribution in [-0.2, 0) is 9.59 Å². The molecule has 27 heavy (non-hydrogen) atoms. The van der Waals surface area contributed by atoms with Crippen LogP contribution in [0.2, 0.25) is 0 Å². The highest BCUT2D eigenvalue weighted by atomic mass is 35.5. The quantitative estimate of drug-likeness (QED) is 0.708. The first-order valence-corrected chi connectivity index (χ1v) is 10.4. The Morgan fingerprint density at radius 3 is 2.70 bits per heavy atom. The Labute approximate surface area is 165 Å². The lowest BCUT2D eigenvalue weighted by Crippen LogP contribution is -2.66. The van der Waals surface area contributed by atoms with Crippen molar-refractivity contribution in [1.82, 2.24) is 0 Å². The van der Waals surface area contributed by atoms with Crippen molar-refractivity contribution in [1.29, 1.82) is 0 Å². The summed E-state index contributed by atoms with van der Waals surface area (Å²) in [5.41, 5.74) is 0.0972. The molecule has 0 aromatic carbocycles. The van der Waals surface area contributed by atoms with Crippen molar-refractivity contribution < 1.29 is 19.8 Å². The van der Waals surface area contributed by atoms with Gasteiger partial charge < -0.3 is 10.2 Å². The van der Waals surface area contributed by atoms with Gasteiger partial charge in [-0.3, -0.25) is 9.59 Å². The van der Waals surface area contributed by atoms with Gasteiger partial charge in [-0.05, 0) is 61.0 Å². The highest BCUT2D eigenvalue weighted by molar-refractivity contribution is 6.26. The molecule has 4 aliphatic rings. The molecule has 0 aromatic rings. The molecule has 148 valence electrons. The molecular formula is C22H29ClO4. The molecule has 4 rings (SSSR count). The SMILES string of the molecule is C[C@@H]1C[C@H]2[C@@H]3CCC4=CC(=O)C=C[C@@]4(C)[C@@]3(Cl)[C@H](O)C[C@]2(C)[C@@H]1C(=O)CO. The highest BCUT2D eigenvalue weighted by Crippen LogP contribution is 2.70. The number of carbonyl (C=O) groups is 2. The zero-order chi connectivity index (χ0) is 19.8. The van der Waals surface area contributed by atoms with Crippen molar-refractivity contribution in [2.45, 2.75) is 57.4 Å². The first-order chi connectivity index (χ1) is 12.6. The minimum absolute atomic E-state index is 0.0144. The Hall–Kier alpha value is -0.970. The number of aliphatic hydroxyl groups excluding tert-OH is 2. The van der Waals surface area contributed by atoms with E-state index in [-0.39, 0.29) is 40.7 Å². The van der Waals surface area contributed by atoms with E-state index in [2.05, 4.69) is 13.8 Å². The van der Waals surface area contributed by atoms with Crippen LogP contribution in [0.15, 0.2) is 23.8 Å². The number of aliphatic hydroxyl groups is 2. The molecule has 8 atom stereocenters. The standard InChI is InChI=1S/C22H29ClO4/c1-12-8-16-15-5-4-13-9-14(25)6-7-21(13,3)22(15,23)18(27)10-20(16,2)19(12)17(26)11-24/h6-7,9,12,15-16,18-19,24,27H,4-5,8,10-11H2,1-3H3/t12-,15+,16+,18-,19+,20+,21-,22+/m1/s1. The molecule has 0 radical (unpaired) electrons. The van der Waals surface area contributed by atoms with Gasteiger partial charge in [0.1, 0.15) is 6.61 Å². The number of rotatable bonds is 2. The van der Waals surface area contributed by atoms with Crippen LogP contribution in [0.1, 0.15) is 46.5 Å². The summed E-state index contributed by atoms with van der Waals surface area (Å²) in [7, 11) is 0. The third kappa shape index (κ3) is 2.30. The molecule has 3 saturated carbocycles. The molecule has 0 aromatic heterocycles. The van der Waals surface area contributed by atoms with Gasteiger partial charge in [0, 0.05) is 11.3 Å². The predicted molar refractivity (Wildman–Crippen MR) is 103 cm³/mol. The molecule has 2 N–H and O–H groups in total. The summed E-state index contributed by atoms with van der Waals surface area (Å²) in [5, 5.41) is 20.9. The van der Waals surface area contributed by atoms with E-state index in [1.807, 2.05) is 13.0 Å². The van der Waals surface area contributed by atoms with Gasteiger partial charge in [0.25, 0.3) is 0 Å². The summed E-state index contributed by atoms with van der Waals surface area (Å²) < 4.78 is 0. The summed E-state index contributed by atoms with van der Waals surface area (Å²) in [6.45, 7) is 5.78. The van der Waals surface area contributed by atoms with Crippen LogP contribution < -0.4 is 0 Å². The minimum Gasteiger partial charge on any atom is -0.391 e. The highest BCUT2D eigenvalue weighted by Gasteiger charge is 2.70. The molecule has 3 fully saturated rings. The Kier molecular flexibility index (Phi) is 4.31. The fourth-order valence-corrected chi connectivity index (χ4v) is 7.88. The molecule has 4 nitrogen and oxygen atoms in total. The van der Waals surface area contributed by atoms with Gasteiger partial charge in [0.2, 0.25) is 0 Å². The fourth-order valence-electron chi connectivity index (χ4n) is 7.36. The Morgan fingerprint density at radius 1 is 1.33 bits per heavy atom. The normalized spacial score (nSPS) is 51.3. The summed E-state index contributed by atoms with van der Waals surface area (Å²) in [4.78, 5) is 23.6. The molecule has 0 heterocycles. The molecule has 5 heteroatoms. The molecule has 0 amide bonds. The second-order valence-corrected chi connectivity index (χ2v) is 10.3. The number of carbonyl (C=O) groups excluding carboxylic acids is 2. The van der Waals surface area contributed by atoms with Crippen LogP contribution in [0.5, 0.6) is 0 Å². The van der Waals surface area contributed by atoms with Gasteiger partial charge in [0.15, 0.2) is 11.6 Å². The zero-order valence-electron chi connectivity index (χ0n) is 16.2. The lowest BCUT2D eigenvalue weighted by atomic mass is 9.46. The average Bonchev–Trinajstić information content (AvgIpc) is 2.86. The van der Waals surface area contributed by atoms with Crippen LogP contribution in [0.3, 0.4) is 0 Å². The van der Waals surface area contributed by atoms with Crippen LogP contribution in [0, 0.1) is 34.5 Å². The van der Waals surface area contributed by atoms with Gasteiger partial charge in [-0.15, -0.1) is 11.6 Å². The number of halogens is 1. The topological polar surface area (TPSA) is 74.6 Å². The van der Waals surface area contributed by atoms with Gasteiger partial charge in [-0.1, -0.05) is 32.4 Å². The van der Waals surface area contributed by atoms with Crippen molar-refractivity contribution in [2.24, 2.45) is 34.5 Å². The third-order valence-electron chi connectivity index (χ3n) is 8.48. The lowest BCUT2D eigenvalue weighted by Gasteiger charge is -2.63. The molecule has 0 unspecified atom stereocenters. The minimum atomic E-state index is -0.880. The number of hydrogen-bond acceptors (Lipinski definition) is 4. The van der Waals surface area contributed by atoms with Gasteiger partial charge in [0.05, 0.1) is 11.0 Å². The zero-order valence-corrected chi connectivity index (χ0v) is 17.0. The summed E-state index contributed by atoms with van der Waals surface area (Å²) in [6.07, 6.45) is 7.32. The number of fused-ring (bicyclic) bond motifs is 5. The van der Waals surface area contributed by atoms with Crippen LogP contribution >= 0.6 is 11.6 Å². The Bertz CT molecular complexity index is 757. The van der Waals surface area contributed by atoms with Gasteiger partial charge in [-0.25, -0.2) is 0 Å². The third-order valence-corrected chi connectivity index (χ3v) is 9.41. The van der Waals surface area contributed by atoms with E-state index >= 15 is 0 Å². The van der Waals surface area contributed by atoms with E-state index < -0.39 is 23.0 Å². The van der Waals surface area contributed by atoms with Crippen molar-refractivity contribution >= 4 is 23.2 Å². The number of ketones is 2. The van der Waals surface area contributed by atoms with E-state index in [1.165, 1.54) is 0 Å². The van der Waals surface area contributed by atoms with E-state index in [4.69, 9.17) is 11.6 Å². The maximum Gasteiger partial charge on any atom is 0.178 e.